The second-order valence-corrected chi connectivity index (χ2v) is 9.54. The molecule has 190 valence electrons. The molecule has 0 spiro atoms. The maximum atomic E-state index is 15.1. The summed E-state index contributed by atoms with van der Waals surface area (Å²) in [5.41, 5.74) is 4.75. The molecule has 0 radical (unpaired) electrons. The fourth-order valence-corrected chi connectivity index (χ4v) is 5.50. The number of allylic oxidation sites excluding steroid dienone is 6. The summed E-state index contributed by atoms with van der Waals surface area (Å²) in [6, 6.07) is 3.39. The first-order valence-corrected chi connectivity index (χ1v) is 12.7. The molecular weight excluding hydrogens is 459 g/mol. The summed E-state index contributed by atoms with van der Waals surface area (Å²) in [5, 5.41) is 3.97. The Morgan fingerprint density at radius 2 is 2.08 bits per heavy atom. The van der Waals surface area contributed by atoms with Crippen molar-refractivity contribution in [1.82, 2.24) is 10.1 Å². The SMILES string of the molecule is CC=C(CC(C)C(=CC)c1ccc(F)c2c1CCC2OC1=CC(=O)C(CCC=O)CC1)c1ncon1. The average molecular weight is 493 g/mol. The summed E-state index contributed by atoms with van der Waals surface area (Å²) in [4.78, 5) is 27.3. The van der Waals surface area contributed by atoms with Gasteiger partial charge >= 0.3 is 0 Å². The van der Waals surface area contributed by atoms with E-state index < -0.39 is 6.10 Å². The second kappa shape index (κ2) is 11.6. The first kappa shape index (κ1) is 25.7. The number of aldehydes is 1. The highest BCUT2D eigenvalue weighted by molar-refractivity contribution is 5.93. The molecule has 0 amide bonds. The number of nitrogens with zero attached hydrogens (tertiary/aromatic N) is 2. The van der Waals surface area contributed by atoms with Crippen LogP contribution in [0.3, 0.4) is 0 Å². The van der Waals surface area contributed by atoms with Gasteiger partial charge in [-0.2, -0.15) is 4.98 Å². The van der Waals surface area contributed by atoms with Gasteiger partial charge < -0.3 is 14.1 Å². The Morgan fingerprint density at radius 1 is 1.25 bits per heavy atom. The van der Waals surface area contributed by atoms with Crippen LogP contribution in [0.4, 0.5) is 4.39 Å². The molecule has 7 heteroatoms. The van der Waals surface area contributed by atoms with Crippen molar-refractivity contribution in [1.29, 1.82) is 0 Å². The molecule has 6 nitrogen and oxygen atoms in total. The number of fused-ring (bicyclic) bond motifs is 1. The number of aromatic nitrogens is 2. The van der Waals surface area contributed by atoms with Gasteiger partial charge in [0.2, 0.25) is 6.39 Å². The zero-order chi connectivity index (χ0) is 25.7. The van der Waals surface area contributed by atoms with Crippen LogP contribution in [-0.2, 0) is 20.7 Å². The summed E-state index contributed by atoms with van der Waals surface area (Å²) in [5.74, 6) is 0.943. The van der Waals surface area contributed by atoms with E-state index in [0.717, 1.165) is 35.0 Å². The lowest BCUT2D eigenvalue weighted by molar-refractivity contribution is -0.119. The molecule has 1 aromatic heterocycles. The van der Waals surface area contributed by atoms with Crippen molar-refractivity contribution in [2.75, 3.05) is 0 Å². The summed E-state index contributed by atoms with van der Waals surface area (Å²) >= 11 is 0. The molecular formula is C29H33FN2O4. The van der Waals surface area contributed by atoms with Gasteiger partial charge in [0, 0.05) is 30.4 Å². The first-order chi connectivity index (χ1) is 17.5. The molecule has 0 saturated carbocycles. The monoisotopic (exact) mass is 492 g/mol. The van der Waals surface area contributed by atoms with Crippen molar-refractivity contribution in [3.8, 4) is 0 Å². The highest BCUT2D eigenvalue weighted by atomic mass is 19.1. The zero-order valence-corrected chi connectivity index (χ0v) is 21.1. The molecule has 3 atom stereocenters. The van der Waals surface area contributed by atoms with Crippen LogP contribution in [0, 0.1) is 17.7 Å². The van der Waals surface area contributed by atoms with Crippen molar-refractivity contribution in [3.63, 3.8) is 0 Å². The van der Waals surface area contributed by atoms with E-state index in [1.54, 1.807) is 6.08 Å². The Balaban J connectivity index is 1.54. The van der Waals surface area contributed by atoms with E-state index in [0.29, 0.717) is 55.7 Å². The van der Waals surface area contributed by atoms with Crippen LogP contribution in [0.15, 0.2) is 47.0 Å². The molecule has 0 N–H and O–H groups in total. The van der Waals surface area contributed by atoms with Crippen LogP contribution in [0.25, 0.3) is 11.1 Å². The molecule has 0 saturated heterocycles. The van der Waals surface area contributed by atoms with Crippen molar-refractivity contribution in [3.05, 3.63) is 70.8 Å². The van der Waals surface area contributed by atoms with Gasteiger partial charge in [0.1, 0.15) is 24.0 Å². The molecule has 0 aliphatic heterocycles. The van der Waals surface area contributed by atoms with Gasteiger partial charge in [-0.05, 0) is 80.2 Å². The number of hydrogen-bond donors (Lipinski definition) is 0. The van der Waals surface area contributed by atoms with E-state index in [-0.39, 0.29) is 23.4 Å². The van der Waals surface area contributed by atoms with Gasteiger partial charge in [0.25, 0.3) is 0 Å². The summed E-state index contributed by atoms with van der Waals surface area (Å²) in [6.45, 7) is 6.12. The minimum absolute atomic E-state index is 0.00282. The van der Waals surface area contributed by atoms with Crippen molar-refractivity contribution >= 4 is 23.2 Å². The zero-order valence-electron chi connectivity index (χ0n) is 21.1. The predicted octanol–water partition coefficient (Wildman–Crippen LogP) is 6.59. The molecule has 0 fully saturated rings. The van der Waals surface area contributed by atoms with Crippen LogP contribution >= 0.6 is 0 Å². The van der Waals surface area contributed by atoms with Crippen LogP contribution in [0.1, 0.15) is 87.9 Å². The van der Waals surface area contributed by atoms with E-state index in [2.05, 4.69) is 23.1 Å². The minimum atomic E-state index is -0.413. The Kier molecular flexibility index (Phi) is 8.28. The predicted molar refractivity (Wildman–Crippen MR) is 135 cm³/mol. The molecule has 4 rings (SSSR count). The van der Waals surface area contributed by atoms with E-state index in [1.165, 1.54) is 12.5 Å². The van der Waals surface area contributed by atoms with E-state index >= 15 is 4.39 Å². The third-order valence-electron chi connectivity index (χ3n) is 7.33. The largest absolute Gasteiger partial charge is 0.490 e. The lowest BCUT2D eigenvalue weighted by Crippen LogP contribution is -2.19. The lowest BCUT2D eigenvalue weighted by Gasteiger charge is -2.24. The fourth-order valence-electron chi connectivity index (χ4n) is 5.50. The quantitative estimate of drug-likeness (QED) is 0.348. The van der Waals surface area contributed by atoms with Gasteiger partial charge in [0.15, 0.2) is 11.6 Å². The standard InChI is InChI=1S/C29H33FN2O4/c1-4-19(29-31-17-35-32-29)15-18(3)22(5-2)23-10-12-25(30)28-24(23)11-13-27(28)36-21-9-8-20(7-6-14-33)26(34)16-21/h4-5,10,12,14,16-18,20,27H,6-9,11,13,15H2,1-3H3. The summed E-state index contributed by atoms with van der Waals surface area (Å²) < 4.78 is 26.3. The van der Waals surface area contributed by atoms with E-state index in [4.69, 9.17) is 9.26 Å². The minimum Gasteiger partial charge on any atom is -0.490 e. The van der Waals surface area contributed by atoms with Crippen LogP contribution in [-0.4, -0.2) is 22.2 Å². The van der Waals surface area contributed by atoms with Crippen molar-refractivity contribution < 1.29 is 23.2 Å². The number of hydrogen-bond acceptors (Lipinski definition) is 6. The normalized spacial score (nSPS) is 21.2. The maximum Gasteiger partial charge on any atom is 0.214 e. The molecule has 2 aliphatic carbocycles. The number of ether oxygens (including phenoxy) is 1. The molecule has 2 aromatic rings. The number of benzene rings is 1. The van der Waals surface area contributed by atoms with Gasteiger partial charge in [-0.25, -0.2) is 4.39 Å². The number of carbonyl (C=O) groups is 2. The average Bonchev–Trinajstić information content (AvgIpc) is 3.55. The van der Waals surface area contributed by atoms with Crippen molar-refractivity contribution in [2.45, 2.75) is 71.8 Å². The second-order valence-electron chi connectivity index (χ2n) is 9.54. The van der Waals surface area contributed by atoms with E-state index in [9.17, 15) is 9.59 Å². The van der Waals surface area contributed by atoms with Gasteiger partial charge in [0.05, 0.1) is 0 Å². The topological polar surface area (TPSA) is 82.3 Å². The Bertz CT molecular complexity index is 1200. The fraction of sp³-hybridized carbons (Fsp3) is 0.448. The van der Waals surface area contributed by atoms with E-state index in [1.807, 2.05) is 26.0 Å². The Labute approximate surface area is 211 Å². The number of halogens is 1. The highest BCUT2D eigenvalue weighted by Crippen LogP contribution is 2.44. The van der Waals surface area contributed by atoms with Crippen LogP contribution in [0.5, 0.6) is 0 Å². The first-order valence-electron chi connectivity index (χ1n) is 12.7. The molecule has 1 aromatic carbocycles. The maximum absolute atomic E-state index is 15.1. The summed E-state index contributed by atoms with van der Waals surface area (Å²) in [6.07, 6.45) is 11.8. The van der Waals surface area contributed by atoms with Crippen molar-refractivity contribution in [2.24, 2.45) is 11.8 Å². The van der Waals surface area contributed by atoms with Crippen LogP contribution < -0.4 is 0 Å². The Morgan fingerprint density at radius 3 is 2.75 bits per heavy atom. The van der Waals surface area contributed by atoms with Gasteiger partial charge in [-0.1, -0.05) is 30.3 Å². The number of rotatable bonds is 10. The number of ketones is 1. The lowest BCUT2D eigenvalue weighted by atomic mass is 9.85. The molecule has 3 unspecified atom stereocenters. The van der Waals surface area contributed by atoms with Crippen LogP contribution in [0.2, 0.25) is 0 Å². The Hall–Kier alpha value is -3.35. The number of carbonyl (C=O) groups excluding carboxylic acids is 2. The summed E-state index contributed by atoms with van der Waals surface area (Å²) in [7, 11) is 0. The third-order valence-corrected chi connectivity index (χ3v) is 7.33. The highest BCUT2D eigenvalue weighted by Gasteiger charge is 2.33. The molecule has 1 heterocycles. The molecule has 0 bridgehead atoms. The molecule has 2 aliphatic rings. The molecule has 36 heavy (non-hydrogen) atoms. The third kappa shape index (κ3) is 5.40. The smallest absolute Gasteiger partial charge is 0.214 e. The van der Waals surface area contributed by atoms with Gasteiger partial charge in [-0.15, -0.1) is 0 Å². The van der Waals surface area contributed by atoms with Gasteiger partial charge in [-0.3, -0.25) is 4.79 Å².